The molecule has 0 radical (unpaired) electrons. The summed E-state index contributed by atoms with van der Waals surface area (Å²) in [7, 11) is -1.04. The molecule has 0 bridgehead atoms. The van der Waals surface area contributed by atoms with Gasteiger partial charge in [0.05, 0.1) is 11.4 Å². The molecule has 1 rings (SSSR count). The molecule has 0 saturated heterocycles. The van der Waals surface area contributed by atoms with Crippen LogP contribution in [0.1, 0.15) is 31.5 Å². The van der Waals surface area contributed by atoms with Crippen molar-refractivity contribution in [3.05, 3.63) is 18.0 Å². The Labute approximate surface area is 96.6 Å². The van der Waals surface area contributed by atoms with Crippen LogP contribution in [-0.4, -0.2) is 29.7 Å². The quantitative estimate of drug-likeness (QED) is 0.797. The first-order valence-corrected chi connectivity index (χ1v) is 7.22. The summed E-state index contributed by atoms with van der Waals surface area (Å²) < 4.78 is 24.3. The van der Waals surface area contributed by atoms with Crippen molar-refractivity contribution < 1.29 is 8.42 Å². The molecule has 6 heteroatoms. The smallest absolute Gasteiger partial charge is 0.150 e. The van der Waals surface area contributed by atoms with Crippen LogP contribution in [0, 0.1) is 0 Å². The van der Waals surface area contributed by atoms with Crippen LogP contribution in [0.2, 0.25) is 0 Å². The predicted molar refractivity (Wildman–Crippen MR) is 63.7 cm³/mol. The maximum absolute atomic E-state index is 11.3. The highest BCUT2D eigenvalue weighted by Gasteiger charge is 2.12. The van der Waals surface area contributed by atoms with Gasteiger partial charge in [0.2, 0.25) is 0 Å². The van der Waals surface area contributed by atoms with E-state index in [0.717, 1.165) is 5.69 Å². The lowest BCUT2D eigenvalue weighted by atomic mass is 10.1. The molecule has 92 valence electrons. The molecule has 1 heterocycles. The summed E-state index contributed by atoms with van der Waals surface area (Å²) in [4.78, 5) is 0. The van der Waals surface area contributed by atoms with Crippen LogP contribution in [0.5, 0.6) is 0 Å². The maximum Gasteiger partial charge on any atom is 0.150 e. The van der Waals surface area contributed by atoms with E-state index in [1.54, 1.807) is 17.8 Å². The van der Waals surface area contributed by atoms with Gasteiger partial charge < -0.3 is 5.73 Å². The van der Waals surface area contributed by atoms with Gasteiger partial charge in [0, 0.05) is 25.0 Å². The Balaban J connectivity index is 2.43. The van der Waals surface area contributed by atoms with Crippen LogP contribution >= 0.6 is 0 Å². The molecular weight excluding hydrogens is 226 g/mol. The standard InChI is InChI=1S/C10H19N3O2S/c1-3-16(14,15)8-4-5-9(11)10-6-7-12-13(10)2/h6-7,9H,3-5,8,11H2,1-2H3. The molecule has 0 aromatic carbocycles. The molecule has 0 saturated carbocycles. The molecule has 1 atom stereocenters. The molecule has 0 aliphatic rings. The van der Waals surface area contributed by atoms with Gasteiger partial charge in [0.15, 0.2) is 0 Å². The first-order valence-electron chi connectivity index (χ1n) is 5.40. The van der Waals surface area contributed by atoms with Gasteiger partial charge in [-0.2, -0.15) is 5.10 Å². The van der Waals surface area contributed by atoms with Gasteiger partial charge >= 0.3 is 0 Å². The number of hydrogen-bond donors (Lipinski definition) is 1. The summed E-state index contributed by atoms with van der Waals surface area (Å²) >= 11 is 0. The highest BCUT2D eigenvalue weighted by molar-refractivity contribution is 7.91. The van der Waals surface area contributed by atoms with Gasteiger partial charge in [-0.3, -0.25) is 4.68 Å². The topological polar surface area (TPSA) is 78.0 Å². The average molecular weight is 245 g/mol. The maximum atomic E-state index is 11.3. The van der Waals surface area contributed by atoms with Crippen molar-refractivity contribution in [3.63, 3.8) is 0 Å². The Morgan fingerprint density at radius 2 is 2.25 bits per heavy atom. The van der Waals surface area contributed by atoms with E-state index in [2.05, 4.69) is 5.10 Å². The highest BCUT2D eigenvalue weighted by atomic mass is 32.2. The van der Waals surface area contributed by atoms with E-state index >= 15 is 0 Å². The zero-order chi connectivity index (χ0) is 12.2. The lowest BCUT2D eigenvalue weighted by molar-refractivity contribution is 0.562. The zero-order valence-electron chi connectivity index (χ0n) is 9.76. The third kappa shape index (κ3) is 3.61. The van der Waals surface area contributed by atoms with E-state index in [4.69, 9.17) is 5.73 Å². The van der Waals surface area contributed by atoms with Crippen LogP contribution in [0.4, 0.5) is 0 Å². The predicted octanol–water partition coefficient (Wildman–Crippen LogP) is 0.635. The fourth-order valence-electron chi connectivity index (χ4n) is 1.56. The molecule has 1 unspecified atom stereocenters. The molecule has 16 heavy (non-hydrogen) atoms. The summed E-state index contributed by atoms with van der Waals surface area (Å²) in [6.07, 6.45) is 2.96. The Morgan fingerprint density at radius 1 is 1.56 bits per heavy atom. The van der Waals surface area contributed by atoms with Gasteiger partial charge in [0.1, 0.15) is 9.84 Å². The normalized spacial score (nSPS) is 13.9. The summed E-state index contributed by atoms with van der Waals surface area (Å²) in [6.45, 7) is 1.66. The summed E-state index contributed by atoms with van der Waals surface area (Å²) in [5.74, 6) is 0.420. The molecular formula is C10H19N3O2S. The molecule has 0 fully saturated rings. The second-order valence-corrected chi connectivity index (χ2v) is 6.34. The molecule has 5 nitrogen and oxygen atoms in total. The first-order chi connectivity index (χ1) is 7.46. The molecule has 1 aromatic rings. The number of rotatable bonds is 6. The summed E-state index contributed by atoms with van der Waals surface area (Å²) in [5.41, 5.74) is 6.89. The largest absolute Gasteiger partial charge is 0.323 e. The van der Waals surface area contributed by atoms with Gasteiger partial charge in [-0.25, -0.2) is 8.42 Å². The number of aromatic nitrogens is 2. The third-order valence-corrected chi connectivity index (χ3v) is 4.44. The Hall–Kier alpha value is -0.880. The zero-order valence-corrected chi connectivity index (χ0v) is 10.6. The SMILES string of the molecule is CCS(=O)(=O)CCCC(N)c1ccnn1C. The number of hydrogen-bond acceptors (Lipinski definition) is 4. The molecule has 0 spiro atoms. The average Bonchev–Trinajstić information content (AvgIpc) is 2.64. The van der Waals surface area contributed by atoms with Gasteiger partial charge in [-0.05, 0) is 18.9 Å². The minimum atomic E-state index is -2.87. The van der Waals surface area contributed by atoms with E-state index in [1.807, 2.05) is 13.1 Å². The second kappa shape index (κ2) is 5.45. The number of nitrogens with zero attached hydrogens (tertiary/aromatic N) is 2. The van der Waals surface area contributed by atoms with Crippen LogP contribution in [0.3, 0.4) is 0 Å². The second-order valence-electron chi connectivity index (χ2n) is 3.86. The van der Waals surface area contributed by atoms with Gasteiger partial charge in [-0.1, -0.05) is 6.92 Å². The molecule has 0 aliphatic heterocycles. The lowest BCUT2D eigenvalue weighted by Gasteiger charge is -2.11. The highest BCUT2D eigenvalue weighted by Crippen LogP contribution is 2.14. The van der Waals surface area contributed by atoms with Crippen LogP contribution in [-0.2, 0) is 16.9 Å². The summed E-state index contributed by atoms with van der Waals surface area (Å²) in [6, 6.07) is 1.72. The van der Waals surface area contributed by atoms with Crippen LogP contribution in [0.15, 0.2) is 12.3 Å². The Kier molecular flexibility index (Phi) is 4.49. The molecule has 0 amide bonds. The molecule has 0 aliphatic carbocycles. The van der Waals surface area contributed by atoms with Gasteiger partial charge in [0.25, 0.3) is 0 Å². The van der Waals surface area contributed by atoms with Crippen LogP contribution in [0.25, 0.3) is 0 Å². The van der Waals surface area contributed by atoms with Crippen molar-refractivity contribution in [2.24, 2.45) is 12.8 Å². The minimum absolute atomic E-state index is 0.139. The Morgan fingerprint density at radius 3 is 2.75 bits per heavy atom. The number of nitrogens with two attached hydrogens (primary N) is 1. The van der Waals surface area contributed by atoms with E-state index in [9.17, 15) is 8.42 Å². The monoisotopic (exact) mass is 245 g/mol. The van der Waals surface area contributed by atoms with E-state index in [-0.39, 0.29) is 17.5 Å². The van der Waals surface area contributed by atoms with Crippen molar-refractivity contribution >= 4 is 9.84 Å². The van der Waals surface area contributed by atoms with Crippen molar-refractivity contribution in [2.75, 3.05) is 11.5 Å². The fourth-order valence-corrected chi connectivity index (χ4v) is 2.46. The number of sulfone groups is 1. The molecule has 2 N–H and O–H groups in total. The Bertz CT molecular complexity index is 425. The van der Waals surface area contributed by atoms with E-state index < -0.39 is 9.84 Å². The van der Waals surface area contributed by atoms with Crippen molar-refractivity contribution in [1.82, 2.24) is 9.78 Å². The first kappa shape index (κ1) is 13.2. The fraction of sp³-hybridized carbons (Fsp3) is 0.700. The minimum Gasteiger partial charge on any atom is -0.323 e. The van der Waals surface area contributed by atoms with Crippen molar-refractivity contribution in [1.29, 1.82) is 0 Å². The third-order valence-electron chi connectivity index (χ3n) is 2.65. The van der Waals surface area contributed by atoms with E-state index in [0.29, 0.717) is 12.8 Å². The molecule has 1 aromatic heterocycles. The number of aryl methyl sites for hydroxylation is 1. The van der Waals surface area contributed by atoms with E-state index in [1.165, 1.54) is 0 Å². The van der Waals surface area contributed by atoms with Crippen LogP contribution < -0.4 is 5.73 Å². The summed E-state index contributed by atoms with van der Waals surface area (Å²) in [5, 5.41) is 4.03. The van der Waals surface area contributed by atoms with Gasteiger partial charge in [-0.15, -0.1) is 0 Å². The van der Waals surface area contributed by atoms with Crippen molar-refractivity contribution in [3.8, 4) is 0 Å². The van der Waals surface area contributed by atoms with Crippen molar-refractivity contribution in [2.45, 2.75) is 25.8 Å². The lowest BCUT2D eigenvalue weighted by Crippen LogP contribution is -2.17.